The summed E-state index contributed by atoms with van der Waals surface area (Å²) in [5.74, 6) is 0. The largest absolute Gasteiger partial charge is 0.360 e. The predicted molar refractivity (Wildman–Crippen MR) is 83.0 cm³/mol. The highest BCUT2D eigenvalue weighted by Gasteiger charge is 2.05. The van der Waals surface area contributed by atoms with Crippen molar-refractivity contribution in [2.45, 2.75) is 32.6 Å². The Morgan fingerprint density at radius 1 is 1.11 bits per heavy atom. The Morgan fingerprint density at radius 2 is 1.89 bits per heavy atom. The minimum Gasteiger partial charge on any atom is -0.360 e. The van der Waals surface area contributed by atoms with Gasteiger partial charge in [0.1, 0.15) is 5.01 Å². The topological polar surface area (TPSA) is 37.8 Å². The van der Waals surface area contributed by atoms with Crippen LogP contribution in [0.3, 0.4) is 0 Å². The third-order valence-electron chi connectivity index (χ3n) is 2.82. The lowest BCUT2D eigenvalue weighted by molar-refractivity contribution is 0.684. The molecule has 0 spiro atoms. The lowest BCUT2D eigenvalue weighted by Crippen LogP contribution is -2.00. The number of hydrogen-bond acceptors (Lipinski definition) is 4. The molecule has 19 heavy (non-hydrogen) atoms. The van der Waals surface area contributed by atoms with Crippen LogP contribution < -0.4 is 5.32 Å². The van der Waals surface area contributed by atoms with E-state index in [-0.39, 0.29) is 0 Å². The quantitative estimate of drug-likeness (QED) is 0.742. The average Bonchev–Trinajstić information content (AvgIpc) is 2.88. The van der Waals surface area contributed by atoms with Crippen LogP contribution in [0.25, 0.3) is 10.6 Å². The zero-order valence-electron chi connectivity index (χ0n) is 11.0. The molecule has 1 heterocycles. The summed E-state index contributed by atoms with van der Waals surface area (Å²) in [6.45, 7) is 3.19. The molecule has 5 heteroatoms. The second kappa shape index (κ2) is 7.46. The van der Waals surface area contributed by atoms with Crippen LogP contribution >= 0.6 is 22.9 Å². The van der Waals surface area contributed by atoms with Crippen molar-refractivity contribution in [1.82, 2.24) is 10.2 Å². The van der Waals surface area contributed by atoms with Crippen molar-refractivity contribution in [1.29, 1.82) is 0 Å². The van der Waals surface area contributed by atoms with Gasteiger partial charge in [0, 0.05) is 17.1 Å². The molecule has 0 unspecified atom stereocenters. The summed E-state index contributed by atoms with van der Waals surface area (Å²) >= 11 is 7.45. The summed E-state index contributed by atoms with van der Waals surface area (Å²) in [5.41, 5.74) is 1.06. The molecule has 3 nitrogen and oxygen atoms in total. The van der Waals surface area contributed by atoms with Gasteiger partial charge in [0.05, 0.1) is 0 Å². The molecule has 102 valence electrons. The SMILES string of the molecule is CCCCCCNc1nnc(-c2ccc(Cl)cc2)s1. The summed E-state index contributed by atoms with van der Waals surface area (Å²) in [6, 6.07) is 7.67. The second-order valence-corrected chi connectivity index (χ2v) is 5.82. The number of unbranched alkanes of at least 4 members (excludes halogenated alkanes) is 3. The first-order chi connectivity index (χ1) is 9.29. The molecule has 1 aromatic carbocycles. The molecule has 0 aliphatic heterocycles. The zero-order chi connectivity index (χ0) is 13.5. The number of benzene rings is 1. The highest BCUT2D eigenvalue weighted by molar-refractivity contribution is 7.18. The summed E-state index contributed by atoms with van der Waals surface area (Å²) in [7, 11) is 0. The van der Waals surface area contributed by atoms with Gasteiger partial charge in [0.15, 0.2) is 0 Å². The number of anilines is 1. The maximum atomic E-state index is 5.87. The fourth-order valence-electron chi connectivity index (χ4n) is 1.75. The number of nitrogens with zero attached hydrogens (tertiary/aromatic N) is 2. The standard InChI is InChI=1S/C14H18ClN3S/c1-2-3-4-5-10-16-14-18-17-13(19-14)11-6-8-12(15)9-7-11/h6-9H,2-5,10H2,1H3,(H,16,18). The van der Waals surface area contributed by atoms with Crippen LogP contribution in [0.4, 0.5) is 5.13 Å². The lowest BCUT2D eigenvalue weighted by atomic mass is 10.2. The summed E-state index contributed by atoms with van der Waals surface area (Å²) < 4.78 is 0. The highest BCUT2D eigenvalue weighted by Crippen LogP contribution is 2.27. The molecule has 0 radical (unpaired) electrons. The Balaban J connectivity index is 1.86. The first-order valence-electron chi connectivity index (χ1n) is 6.63. The van der Waals surface area contributed by atoms with Crippen molar-refractivity contribution in [3.63, 3.8) is 0 Å². The molecule has 0 fully saturated rings. The molecule has 2 aromatic rings. The number of nitrogens with one attached hydrogen (secondary N) is 1. The fourth-order valence-corrected chi connectivity index (χ4v) is 2.65. The van der Waals surface area contributed by atoms with Crippen molar-refractivity contribution in [3.05, 3.63) is 29.3 Å². The monoisotopic (exact) mass is 295 g/mol. The van der Waals surface area contributed by atoms with Gasteiger partial charge in [-0.25, -0.2) is 0 Å². The summed E-state index contributed by atoms with van der Waals surface area (Å²) in [6.07, 6.45) is 5.02. The van der Waals surface area contributed by atoms with E-state index in [4.69, 9.17) is 11.6 Å². The lowest BCUT2D eigenvalue weighted by Gasteiger charge is -2.00. The van der Waals surface area contributed by atoms with Crippen LogP contribution in [-0.4, -0.2) is 16.7 Å². The van der Waals surface area contributed by atoms with Gasteiger partial charge in [0.25, 0.3) is 0 Å². The smallest absolute Gasteiger partial charge is 0.206 e. The van der Waals surface area contributed by atoms with E-state index >= 15 is 0 Å². The van der Waals surface area contributed by atoms with E-state index in [1.54, 1.807) is 11.3 Å². The average molecular weight is 296 g/mol. The molecule has 0 saturated carbocycles. The molecular weight excluding hydrogens is 278 g/mol. The summed E-state index contributed by atoms with van der Waals surface area (Å²) in [5, 5.41) is 14.2. The van der Waals surface area contributed by atoms with E-state index < -0.39 is 0 Å². The van der Waals surface area contributed by atoms with Crippen LogP contribution in [0, 0.1) is 0 Å². The van der Waals surface area contributed by atoms with Crippen molar-refractivity contribution in [2.75, 3.05) is 11.9 Å². The Morgan fingerprint density at radius 3 is 2.63 bits per heavy atom. The number of hydrogen-bond donors (Lipinski definition) is 1. The molecule has 1 N–H and O–H groups in total. The van der Waals surface area contributed by atoms with Crippen LogP contribution in [0.5, 0.6) is 0 Å². The first-order valence-corrected chi connectivity index (χ1v) is 7.82. The maximum Gasteiger partial charge on any atom is 0.206 e. The van der Waals surface area contributed by atoms with Crippen molar-refractivity contribution < 1.29 is 0 Å². The van der Waals surface area contributed by atoms with E-state index in [2.05, 4.69) is 22.4 Å². The van der Waals surface area contributed by atoms with Gasteiger partial charge in [0.2, 0.25) is 5.13 Å². The Kier molecular flexibility index (Phi) is 5.61. The molecular formula is C14H18ClN3S. The molecule has 0 bridgehead atoms. The Labute approximate surface area is 123 Å². The van der Waals surface area contributed by atoms with Gasteiger partial charge in [-0.1, -0.05) is 61.3 Å². The van der Waals surface area contributed by atoms with E-state index in [0.29, 0.717) is 0 Å². The normalized spacial score (nSPS) is 10.6. The van der Waals surface area contributed by atoms with Crippen LogP contribution in [-0.2, 0) is 0 Å². The van der Waals surface area contributed by atoms with Gasteiger partial charge in [-0.15, -0.1) is 10.2 Å². The minimum atomic E-state index is 0.738. The molecule has 0 aliphatic rings. The Hall–Kier alpha value is -1.13. The zero-order valence-corrected chi connectivity index (χ0v) is 12.6. The number of rotatable bonds is 7. The van der Waals surface area contributed by atoms with Gasteiger partial charge in [-0.05, 0) is 18.6 Å². The van der Waals surface area contributed by atoms with Crippen molar-refractivity contribution in [2.24, 2.45) is 0 Å². The maximum absolute atomic E-state index is 5.87. The Bertz CT molecular complexity index is 496. The molecule has 0 amide bonds. The van der Waals surface area contributed by atoms with E-state index in [9.17, 15) is 0 Å². The second-order valence-electron chi connectivity index (χ2n) is 4.41. The van der Waals surface area contributed by atoms with Crippen LogP contribution in [0.1, 0.15) is 32.6 Å². The van der Waals surface area contributed by atoms with Crippen LogP contribution in [0.2, 0.25) is 5.02 Å². The number of halogens is 1. The molecule has 0 aliphatic carbocycles. The van der Waals surface area contributed by atoms with Gasteiger partial charge in [-0.3, -0.25) is 0 Å². The van der Waals surface area contributed by atoms with E-state index in [1.807, 2.05) is 24.3 Å². The van der Waals surface area contributed by atoms with Gasteiger partial charge >= 0.3 is 0 Å². The molecule has 1 aromatic heterocycles. The van der Waals surface area contributed by atoms with Crippen molar-refractivity contribution >= 4 is 28.1 Å². The van der Waals surface area contributed by atoms with Crippen LogP contribution in [0.15, 0.2) is 24.3 Å². The predicted octanol–water partition coefficient (Wildman–Crippen LogP) is 4.85. The molecule has 0 saturated heterocycles. The van der Waals surface area contributed by atoms with Gasteiger partial charge < -0.3 is 5.32 Å². The van der Waals surface area contributed by atoms with Gasteiger partial charge in [-0.2, -0.15) is 0 Å². The third kappa shape index (κ3) is 4.48. The fraction of sp³-hybridized carbons (Fsp3) is 0.429. The van der Waals surface area contributed by atoms with Crippen molar-refractivity contribution in [3.8, 4) is 10.6 Å². The number of aromatic nitrogens is 2. The molecule has 0 atom stereocenters. The first kappa shape index (κ1) is 14.3. The summed E-state index contributed by atoms with van der Waals surface area (Å²) in [4.78, 5) is 0. The third-order valence-corrected chi connectivity index (χ3v) is 4.00. The van der Waals surface area contributed by atoms with E-state index in [1.165, 1.54) is 25.7 Å². The highest BCUT2D eigenvalue weighted by atomic mass is 35.5. The van der Waals surface area contributed by atoms with E-state index in [0.717, 1.165) is 27.3 Å². The molecule has 2 rings (SSSR count). The minimum absolute atomic E-state index is 0.738.